The zero-order valence-corrected chi connectivity index (χ0v) is 96.6. The maximum Gasteiger partial charge on any atom is 0.0714 e. The number of rotatable bonds is 36. The molecule has 0 saturated carbocycles. The molecular formula is C147H181N. The molecule has 18 rings (SSSR count). The largest absolute Gasteiger partial charge is 0.322 e. The van der Waals surface area contributed by atoms with Gasteiger partial charge >= 0.3 is 0 Å². The summed E-state index contributed by atoms with van der Waals surface area (Å²) >= 11 is 0. The van der Waals surface area contributed by atoms with Gasteiger partial charge in [0.15, 0.2) is 0 Å². The Labute approximate surface area is 896 Å². The van der Waals surface area contributed by atoms with E-state index in [2.05, 4.69) is 442 Å². The van der Waals surface area contributed by atoms with Crippen molar-refractivity contribution in [3.8, 4) is 55.6 Å². The van der Waals surface area contributed by atoms with Crippen LogP contribution in [0.25, 0.3) is 77.2 Å². The third-order valence-electron chi connectivity index (χ3n) is 36.0. The smallest absolute Gasteiger partial charge is 0.0714 e. The van der Waals surface area contributed by atoms with Crippen LogP contribution in [0.5, 0.6) is 0 Å². The minimum atomic E-state index is -0.787. The van der Waals surface area contributed by atoms with Crippen molar-refractivity contribution in [2.45, 2.75) is 432 Å². The van der Waals surface area contributed by atoms with E-state index in [-0.39, 0.29) is 43.3 Å². The van der Waals surface area contributed by atoms with E-state index in [0.29, 0.717) is 0 Å². The lowest BCUT2D eigenvalue weighted by molar-refractivity contribution is 0.398. The molecule has 774 valence electrons. The predicted molar refractivity (Wildman–Crippen MR) is 643 cm³/mol. The Morgan fingerprint density at radius 1 is 0.182 bits per heavy atom. The molecule has 0 atom stereocenters. The molecule has 148 heavy (non-hydrogen) atoms. The summed E-state index contributed by atoms with van der Waals surface area (Å²) in [5.41, 5.74) is 50.4. The predicted octanol–water partition coefficient (Wildman–Crippen LogP) is 41.6. The Morgan fingerprint density at radius 3 is 0.703 bits per heavy atom. The lowest BCUT2D eigenvalue weighted by Crippen LogP contribution is -2.32. The highest BCUT2D eigenvalue weighted by Gasteiger charge is 2.54. The van der Waals surface area contributed by atoms with Gasteiger partial charge in [0.05, 0.1) is 16.2 Å². The van der Waals surface area contributed by atoms with E-state index < -0.39 is 21.8 Å². The van der Waals surface area contributed by atoms with Gasteiger partial charge in [-0.3, -0.25) is 0 Å². The molecule has 0 fully saturated rings. The molecule has 14 aromatic carbocycles. The quantitative estimate of drug-likeness (QED) is 0.0307. The maximum atomic E-state index is 7.39. The van der Waals surface area contributed by atoms with Crippen molar-refractivity contribution in [1.82, 2.24) is 0 Å². The molecule has 1 nitrogen and oxygen atoms in total. The second-order valence-corrected chi connectivity index (χ2v) is 54.2. The summed E-state index contributed by atoms with van der Waals surface area (Å²) in [6.07, 6.45) is 34.2. The van der Waals surface area contributed by atoms with Crippen LogP contribution in [0.3, 0.4) is 0 Å². The van der Waals surface area contributed by atoms with Crippen molar-refractivity contribution in [1.29, 1.82) is 0 Å². The summed E-state index contributed by atoms with van der Waals surface area (Å²) in [5.74, 6) is 0. The van der Waals surface area contributed by atoms with Gasteiger partial charge in [-0.2, -0.15) is 0 Å². The third-order valence-corrected chi connectivity index (χ3v) is 36.0. The first-order valence-electron chi connectivity index (χ1n) is 58.6. The molecule has 0 heterocycles. The number of hydrogen-bond acceptors (Lipinski definition) is 1. The van der Waals surface area contributed by atoms with E-state index >= 15 is 0 Å². The first kappa shape index (κ1) is 107. The number of hydrogen-bond donors (Lipinski definition) is 1. The van der Waals surface area contributed by atoms with Crippen LogP contribution in [-0.2, 0) is 77.9 Å². The zero-order valence-electron chi connectivity index (χ0n) is 96.6. The Morgan fingerprint density at radius 2 is 0.399 bits per heavy atom. The fourth-order valence-electron chi connectivity index (χ4n) is 27.0. The second kappa shape index (κ2) is 41.6. The van der Waals surface area contributed by atoms with Gasteiger partial charge in [-0.1, -0.05) is 521 Å². The van der Waals surface area contributed by atoms with Gasteiger partial charge < -0.3 is 5.73 Å². The molecule has 14 aromatic rings. The average molecular weight is 1960 g/mol. The van der Waals surface area contributed by atoms with E-state index in [9.17, 15) is 0 Å². The van der Waals surface area contributed by atoms with E-state index in [0.717, 1.165) is 44.1 Å². The average Bonchev–Trinajstić information content (AvgIpc) is 1.51. The normalized spacial score (nSPS) is 14.9. The van der Waals surface area contributed by atoms with Crippen molar-refractivity contribution in [2.24, 2.45) is 5.73 Å². The fraction of sp³-hybridized carbons (Fsp3) is 0.456. The monoisotopic (exact) mass is 1960 g/mol. The molecule has 0 saturated heterocycles. The molecule has 1 heteroatoms. The van der Waals surface area contributed by atoms with Gasteiger partial charge in [-0.05, 0) is 350 Å². The molecule has 0 unspecified atom stereocenters. The number of aryl methyl sites for hydroxylation is 2. The van der Waals surface area contributed by atoms with Crippen molar-refractivity contribution in [2.75, 3.05) is 0 Å². The molecule has 0 aliphatic heterocycles. The molecule has 4 aliphatic carbocycles. The Bertz CT molecular complexity index is 6920. The van der Waals surface area contributed by atoms with Crippen molar-refractivity contribution in [3.05, 3.63) is 388 Å². The molecule has 0 radical (unpaired) electrons. The Kier molecular flexibility index (Phi) is 30.2. The van der Waals surface area contributed by atoms with Crippen LogP contribution >= 0.6 is 0 Å². The van der Waals surface area contributed by atoms with E-state index in [1.165, 1.54) is 335 Å². The zero-order chi connectivity index (χ0) is 105. The van der Waals surface area contributed by atoms with Gasteiger partial charge in [-0.15, -0.1) is 0 Å². The van der Waals surface area contributed by atoms with Crippen LogP contribution in [0.1, 0.15) is 487 Å². The number of nitrogens with two attached hydrogens (primary N) is 1. The van der Waals surface area contributed by atoms with Crippen molar-refractivity contribution >= 4 is 21.5 Å². The molecule has 0 bridgehead atoms. The summed E-state index contributed by atoms with van der Waals surface area (Å²) in [6, 6.07) is 108. The molecule has 2 N–H and O–H groups in total. The van der Waals surface area contributed by atoms with E-state index in [1.54, 1.807) is 11.1 Å². The minimum absolute atomic E-state index is 0.0318. The summed E-state index contributed by atoms with van der Waals surface area (Å²) in [4.78, 5) is 0. The van der Waals surface area contributed by atoms with Crippen LogP contribution < -0.4 is 5.73 Å². The van der Waals surface area contributed by atoms with Crippen LogP contribution in [-0.4, -0.2) is 0 Å². The van der Waals surface area contributed by atoms with Crippen molar-refractivity contribution in [3.63, 3.8) is 0 Å². The van der Waals surface area contributed by atoms with Crippen LogP contribution in [0.2, 0.25) is 0 Å². The summed E-state index contributed by atoms with van der Waals surface area (Å²) in [5, 5.41) is 5.64. The minimum Gasteiger partial charge on any atom is -0.322 e. The van der Waals surface area contributed by atoms with Crippen LogP contribution in [0.15, 0.2) is 255 Å². The summed E-state index contributed by atoms with van der Waals surface area (Å²) in [6.45, 7) is 63.9. The first-order chi connectivity index (χ1) is 70.3. The lowest BCUT2D eigenvalue weighted by Gasteiger charge is -2.36. The van der Waals surface area contributed by atoms with E-state index in [4.69, 9.17) is 5.73 Å². The lowest BCUT2D eigenvalue weighted by atomic mass is 9.65. The van der Waals surface area contributed by atoms with Gasteiger partial charge in [0.1, 0.15) is 0 Å². The van der Waals surface area contributed by atoms with Gasteiger partial charge in [0.2, 0.25) is 0 Å². The van der Waals surface area contributed by atoms with Crippen molar-refractivity contribution < 1.29 is 0 Å². The Balaban J connectivity index is 0.939. The number of benzene rings is 14. The first-order valence-corrected chi connectivity index (χ1v) is 58.6. The topological polar surface area (TPSA) is 26.0 Å². The molecular weight excluding hydrogens is 1780 g/mol. The number of fused-ring (bicyclic) bond motifs is 15. The molecule has 4 aliphatic rings. The van der Waals surface area contributed by atoms with Gasteiger partial charge in [-0.25, -0.2) is 0 Å². The maximum absolute atomic E-state index is 7.39. The molecule has 0 spiro atoms. The molecule has 0 amide bonds. The van der Waals surface area contributed by atoms with E-state index in [1.807, 2.05) is 0 Å². The summed E-state index contributed by atoms with van der Waals surface area (Å²) in [7, 11) is 0. The second-order valence-electron chi connectivity index (χ2n) is 54.2. The third kappa shape index (κ3) is 19.9. The standard InChI is InChI=1S/C147H181N/c1-28-32-36-40-44-48-52-114-115(53-49-45-41-37-33-29-2)121-93-125-118-84-80-112(142(23,24)25)90-131(118)146(108-72-60-102(61-73-108)138(11,12)13,109-74-62-103(63-75-109)139(14,15)16)134(125)95-123(121)122-94-133-124(92-120(114)122)117-83-55-99(89-130(117)145(133,106-68-56-100(57-69-106)136(5,6)7)107-70-58-101(59-71-107)137(8,9)10)98-54-82-116-126-97-135-127(96-129(126)144(128(116)88-98,86-50-46-42-38-34-30-3)87-51-47-43-39-35-31-4)119-85-81-113(143(26,27)148)91-132(119)147(135,110-76-64-104(65-77-110)140(17,18)19)111-78-66-105(67-79-111)141(20,21)22/h54-85,88-97H,28-53,86-87,148H2,1-27H3. The highest BCUT2D eigenvalue weighted by Crippen LogP contribution is 2.66. The van der Waals surface area contributed by atoms with Gasteiger partial charge in [0, 0.05) is 11.0 Å². The van der Waals surface area contributed by atoms with Crippen LogP contribution in [0.4, 0.5) is 0 Å². The van der Waals surface area contributed by atoms with Gasteiger partial charge in [0.25, 0.3) is 0 Å². The highest BCUT2D eigenvalue weighted by molar-refractivity contribution is 6.15. The number of unbranched alkanes of at least 4 members (excludes halogenated alkanes) is 20. The Hall–Kier alpha value is -10.4. The SMILES string of the molecule is CCCCCCCCc1c(CCCCCCCC)c2cc3c(cc2c2cc4c(cc12)-c1ccc(-c2ccc5c(c2)C(CCCCCCCC)(CCCCCCCC)c2cc6c(cc2-5)C(c2ccc(C(C)(C)C)cc2)(c2ccc(C(C)(C)C)cc2)c2cc(C(C)(C)N)ccc2-6)cc1C4(c1ccc(C(C)(C)C)cc1)c1ccc(C(C)(C)C)cc1)C(c1ccc(C(C)(C)C)cc1)(c1ccc(C(C)(C)C)cc1)c1cc(C(C)(C)C)ccc1-3. The summed E-state index contributed by atoms with van der Waals surface area (Å²) < 4.78 is 0. The van der Waals surface area contributed by atoms with Crippen LogP contribution in [0, 0.1) is 0 Å². The molecule has 0 aromatic heterocycles. The fourth-order valence-corrected chi connectivity index (χ4v) is 27.0. The highest BCUT2D eigenvalue weighted by atomic mass is 14.7.